The van der Waals surface area contributed by atoms with Crippen molar-refractivity contribution in [3.8, 4) is 0 Å². The summed E-state index contributed by atoms with van der Waals surface area (Å²) in [7, 11) is -1.87. The molecule has 4 heteroatoms. The van der Waals surface area contributed by atoms with Crippen LogP contribution in [0.5, 0.6) is 0 Å². The van der Waals surface area contributed by atoms with Crippen LogP contribution in [0.3, 0.4) is 0 Å². The Morgan fingerprint density at radius 2 is 2.30 bits per heavy atom. The number of carbonyl (C=O) groups is 1. The highest BCUT2D eigenvalue weighted by Crippen LogP contribution is 2.45. The van der Waals surface area contributed by atoms with E-state index in [9.17, 15) is 9.35 Å². The zero-order valence-corrected chi connectivity index (χ0v) is 6.77. The molecule has 0 aliphatic carbocycles. The number of ether oxygens (including phenoxy) is 1. The lowest BCUT2D eigenvalue weighted by Crippen LogP contribution is -2.05. The second-order valence-electron chi connectivity index (χ2n) is 2.44. The lowest BCUT2D eigenvalue weighted by molar-refractivity contribution is -0.135. The van der Waals surface area contributed by atoms with Gasteiger partial charge in [-0.15, -0.1) is 10.3 Å². The summed E-state index contributed by atoms with van der Waals surface area (Å²) in [5, 5.41) is 0. The summed E-state index contributed by atoms with van der Waals surface area (Å²) in [4.78, 5) is 11.2. The Kier molecular flexibility index (Phi) is 1.74. The highest BCUT2D eigenvalue weighted by atomic mass is 32.3. The fraction of sp³-hybridized carbons (Fsp3) is 0.500. The van der Waals surface area contributed by atoms with Crippen molar-refractivity contribution in [2.75, 3.05) is 19.1 Å². The van der Waals surface area contributed by atoms with Gasteiger partial charge in [0.05, 0.1) is 4.91 Å². The van der Waals surface area contributed by atoms with E-state index in [4.69, 9.17) is 0 Å². The number of cyclic esters (lactones) is 1. The molecule has 0 unspecified atom stereocenters. The molecule has 0 spiro atoms. The van der Waals surface area contributed by atoms with Crippen LogP contribution in [0.4, 0.5) is 0 Å². The molecule has 1 rings (SSSR count). The predicted molar refractivity (Wildman–Crippen MR) is 41.1 cm³/mol. The molecule has 0 amide bonds. The zero-order valence-electron chi connectivity index (χ0n) is 5.96. The first-order valence-corrected chi connectivity index (χ1v) is 5.25. The molecule has 3 nitrogen and oxygen atoms in total. The van der Waals surface area contributed by atoms with Crippen LogP contribution in [0.15, 0.2) is 11.0 Å². The first kappa shape index (κ1) is 7.63. The van der Waals surface area contributed by atoms with Crippen molar-refractivity contribution in [1.82, 2.24) is 0 Å². The second kappa shape index (κ2) is 2.29. The average Bonchev–Trinajstić information content (AvgIpc) is 2.11. The monoisotopic (exact) mass is 162 g/mol. The van der Waals surface area contributed by atoms with Gasteiger partial charge in [0.1, 0.15) is 6.61 Å². The van der Waals surface area contributed by atoms with Gasteiger partial charge in [-0.3, -0.25) is 0 Å². The molecule has 0 aromatic rings. The summed E-state index contributed by atoms with van der Waals surface area (Å²) < 4.78 is 14.0. The summed E-state index contributed by atoms with van der Waals surface area (Å²) in [6.45, 7) is 0.311. The van der Waals surface area contributed by atoms with Crippen LogP contribution in [-0.2, 0) is 9.53 Å². The van der Waals surface area contributed by atoms with Crippen LogP contribution in [0.25, 0.3) is 0 Å². The molecule has 1 heterocycles. The smallest absolute Gasteiger partial charge is 0.345 e. The van der Waals surface area contributed by atoms with Gasteiger partial charge in [-0.05, 0) is 18.6 Å². The van der Waals surface area contributed by atoms with E-state index in [1.165, 1.54) is 0 Å². The minimum absolute atomic E-state index is 0.311. The minimum atomic E-state index is -1.87. The molecule has 0 bridgehead atoms. The highest BCUT2D eigenvalue weighted by Gasteiger charge is 2.26. The maximum atomic E-state index is 10.8. The summed E-state index contributed by atoms with van der Waals surface area (Å²) >= 11 is 0. The van der Waals surface area contributed by atoms with Crippen LogP contribution in [0.2, 0.25) is 0 Å². The topological polar surface area (TPSA) is 46.5 Å². The third-order valence-corrected chi connectivity index (χ3v) is 2.63. The van der Waals surface area contributed by atoms with E-state index in [0.29, 0.717) is 11.5 Å². The molecular weight excluding hydrogens is 152 g/mol. The average molecular weight is 162 g/mol. The minimum Gasteiger partial charge on any atom is -0.457 e. The summed E-state index contributed by atoms with van der Waals surface area (Å²) in [6, 6.07) is 0. The number of carbonyl (C=O) groups excluding carboxylic acids is 1. The third kappa shape index (κ3) is 1.33. The van der Waals surface area contributed by atoms with Gasteiger partial charge in [0.15, 0.2) is 0 Å². The first-order chi connectivity index (χ1) is 4.52. The quantitative estimate of drug-likeness (QED) is 0.584. The molecule has 1 aliphatic rings. The fourth-order valence-electron chi connectivity index (χ4n) is 0.755. The van der Waals surface area contributed by atoms with Gasteiger partial charge in [0, 0.05) is 0 Å². The van der Waals surface area contributed by atoms with Gasteiger partial charge in [0.2, 0.25) is 0 Å². The predicted octanol–water partition coefficient (Wildman–Crippen LogP) is 0.964. The molecule has 0 fully saturated rings. The molecule has 0 atom stereocenters. The van der Waals surface area contributed by atoms with E-state index in [-0.39, 0.29) is 5.97 Å². The standard InChI is InChI=1S/C6H10O3S/c1-10(2,8)5-3-4-9-6(5)7/h3,8H,4H2,1-2H3. The normalized spacial score (nSPS) is 20.3. The van der Waals surface area contributed by atoms with Crippen molar-refractivity contribution in [2.24, 2.45) is 0 Å². The van der Waals surface area contributed by atoms with Gasteiger partial charge >= 0.3 is 5.97 Å². The Hall–Kier alpha value is -0.480. The molecule has 0 aromatic carbocycles. The summed E-state index contributed by atoms with van der Waals surface area (Å²) in [6.07, 6.45) is 4.93. The Labute approximate surface area is 61.2 Å². The van der Waals surface area contributed by atoms with Crippen molar-refractivity contribution in [3.63, 3.8) is 0 Å². The molecule has 0 radical (unpaired) electrons. The maximum absolute atomic E-state index is 10.8. The summed E-state index contributed by atoms with van der Waals surface area (Å²) in [5.41, 5.74) is 0. The Morgan fingerprint density at radius 1 is 1.70 bits per heavy atom. The van der Waals surface area contributed by atoms with Gasteiger partial charge < -0.3 is 9.29 Å². The fourth-order valence-corrected chi connectivity index (χ4v) is 1.70. The number of rotatable bonds is 1. The van der Waals surface area contributed by atoms with Crippen molar-refractivity contribution in [2.45, 2.75) is 0 Å². The van der Waals surface area contributed by atoms with Crippen molar-refractivity contribution in [3.05, 3.63) is 11.0 Å². The lowest BCUT2D eigenvalue weighted by Gasteiger charge is -2.21. The SMILES string of the molecule is CS(C)(O)C1=CCOC1=O. The molecular formula is C6H10O3S. The van der Waals surface area contributed by atoms with E-state index in [2.05, 4.69) is 4.74 Å². The van der Waals surface area contributed by atoms with Crippen LogP contribution in [-0.4, -0.2) is 29.6 Å². The maximum Gasteiger partial charge on any atom is 0.345 e. The van der Waals surface area contributed by atoms with Gasteiger partial charge in [-0.1, -0.05) is 0 Å². The lowest BCUT2D eigenvalue weighted by atomic mass is 10.6. The molecule has 0 saturated heterocycles. The number of esters is 1. The molecule has 10 heavy (non-hydrogen) atoms. The molecule has 0 aromatic heterocycles. The van der Waals surface area contributed by atoms with Gasteiger partial charge in [0.25, 0.3) is 0 Å². The largest absolute Gasteiger partial charge is 0.457 e. The zero-order chi connectivity index (χ0) is 7.78. The van der Waals surface area contributed by atoms with Gasteiger partial charge in [-0.2, -0.15) is 0 Å². The first-order valence-electron chi connectivity index (χ1n) is 2.85. The van der Waals surface area contributed by atoms with E-state index < -0.39 is 10.3 Å². The molecule has 0 saturated carbocycles. The molecule has 1 aliphatic heterocycles. The van der Waals surface area contributed by atoms with E-state index >= 15 is 0 Å². The Morgan fingerprint density at radius 3 is 2.50 bits per heavy atom. The van der Waals surface area contributed by atoms with Crippen molar-refractivity contribution in [1.29, 1.82) is 0 Å². The van der Waals surface area contributed by atoms with Crippen LogP contribution in [0, 0.1) is 0 Å². The van der Waals surface area contributed by atoms with Crippen LogP contribution in [0.1, 0.15) is 0 Å². The van der Waals surface area contributed by atoms with Crippen LogP contribution >= 0.6 is 10.3 Å². The van der Waals surface area contributed by atoms with Crippen molar-refractivity contribution >= 4 is 16.3 Å². The second-order valence-corrected chi connectivity index (χ2v) is 5.43. The van der Waals surface area contributed by atoms with E-state index in [1.54, 1.807) is 18.6 Å². The number of hydrogen-bond donors (Lipinski definition) is 1. The molecule has 58 valence electrons. The van der Waals surface area contributed by atoms with Crippen LogP contribution < -0.4 is 0 Å². The van der Waals surface area contributed by atoms with E-state index in [0.717, 1.165) is 0 Å². The molecule has 1 N–H and O–H groups in total. The Balaban J connectivity index is 2.82. The summed E-state index contributed by atoms with van der Waals surface area (Å²) in [5.74, 6) is -0.373. The third-order valence-electron chi connectivity index (χ3n) is 1.22. The van der Waals surface area contributed by atoms with Crippen molar-refractivity contribution < 1.29 is 14.1 Å². The highest BCUT2D eigenvalue weighted by molar-refractivity contribution is 8.31. The van der Waals surface area contributed by atoms with E-state index in [1.807, 2.05) is 0 Å². The van der Waals surface area contributed by atoms with Gasteiger partial charge in [-0.25, -0.2) is 4.79 Å². The number of hydrogen-bond acceptors (Lipinski definition) is 3. The Bertz CT molecular complexity index is 190.